The number of sulfonamides is 1. The molecule has 1 aromatic rings. The Kier molecular flexibility index (Phi) is 5.24. The Morgan fingerprint density at radius 1 is 1.38 bits per heavy atom. The molecule has 0 atom stereocenters. The zero-order valence-corrected chi connectivity index (χ0v) is 13.7. The first-order valence-electron chi connectivity index (χ1n) is 7.35. The van der Waals surface area contributed by atoms with Crippen LogP contribution in [0.25, 0.3) is 0 Å². The van der Waals surface area contributed by atoms with Crippen LogP contribution in [-0.2, 0) is 16.4 Å². The van der Waals surface area contributed by atoms with E-state index in [0.717, 1.165) is 12.1 Å². The average Bonchev–Trinajstić information content (AvgIpc) is 3.30. The second-order valence-corrected chi connectivity index (χ2v) is 7.38. The lowest BCUT2D eigenvalue weighted by Crippen LogP contribution is -2.28. The maximum atomic E-state index is 12.6. The molecule has 21 heavy (non-hydrogen) atoms. The van der Waals surface area contributed by atoms with Crippen molar-refractivity contribution in [2.45, 2.75) is 37.1 Å². The predicted octanol–water partition coefficient (Wildman–Crippen LogP) is 1.63. The van der Waals surface area contributed by atoms with E-state index in [-0.39, 0.29) is 0 Å². The molecule has 0 spiro atoms. The second kappa shape index (κ2) is 6.77. The number of nitrogens with zero attached hydrogens (tertiary/aromatic N) is 1. The highest BCUT2D eigenvalue weighted by Crippen LogP contribution is 2.25. The molecular weight excluding hydrogens is 288 g/mol. The van der Waals surface area contributed by atoms with Gasteiger partial charge in [-0.2, -0.15) is 0 Å². The van der Waals surface area contributed by atoms with E-state index in [9.17, 15) is 8.42 Å². The van der Waals surface area contributed by atoms with Crippen molar-refractivity contribution in [3.63, 3.8) is 0 Å². The number of methoxy groups -OCH3 is 1. The zero-order chi connectivity index (χ0) is 15.5. The van der Waals surface area contributed by atoms with Crippen LogP contribution in [0.5, 0.6) is 5.75 Å². The minimum absolute atomic E-state index is 0.380. The molecule has 1 aliphatic rings. The molecule has 0 aromatic heterocycles. The summed E-state index contributed by atoms with van der Waals surface area (Å²) in [5.74, 6) is 0.689. The van der Waals surface area contributed by atoms with Crippen molar-refractivity contribution in [3.8, 4) is 5.75 Å². The van der Waals surface area contributed by atoms with E-state index >= 15 is 0 Å². The molecule has 0 heterocycles. The van der Waals surface area contributed by atoms with E-state index in [0.29, 0.717) is 29.7 Å². The van der Waals surface area contributed by atoms with Crippen LogP contribution in [0, 0.1) is 0 Å². The van der Waals surface area contributed by atoms with E-state index in [2.05, 4.69) is 5.32 Å². The molecule has 0 amide bonds. The van der Waals surface area contributed by atoms with Crippen LogP contribution in [-0.4, -0.2) is 46.0 Å². The Morgan fingerprint density at radius 3 is 2.67 bits per heavy atom. The van der Waals surface area contributed by atoms with Crippen LogP contribution in [0.1, 0.15) is 25.3 Å². The SMILES string of the molecule is CCN(C)S(=O)(=O)c1ccc(OC)cc1CCNC1CC1. The summed E-state index contributed by atoms with van der Waals surface area (Å²) < 4.78 is 31.7. The van der Waals surface area contributed by atoms with Crippen molar-refractivity contribution in [2.75, 3.05) is 27.2 Å². The minimum Gasteiger partial charge on any atom is -0.497 e. The monoisotopic (exact) mass is 312 g/mol. The molecule has 1 N–H and O–H groups in total. The largest absolute Gasteiger partial charge is 0.497 e. The molecule has 0 aliphatic heterocycles. The summed E-state index contributed by atoms with van der Waals surface area (Å²) in [4.78, 5) is 0.380. The fourth-order valence-electron chi connectivity index (χ4n) is 2.17. The van der Waals surface area contributed by atoms with Crippen LogP contribution in [0.2, 0.25) is 0 Å². The summed E-state index contributed by atoms with van der Waals surface area (Å²) >= 11 is 0. The summed E-state index contributed by atoms with van der Waals surface area (Å²) in [6, 6.07) is 5.79. The van der Waals surface area contributed by atoms with Gasteiger partial charge >= 0.3 is 0 Å². The van der Waals surface area contributed by atoms with Crippen molar-refractivity contribution in [2.24, 2.45) is 0 Å². The number of benzene rings is 1. The molecule has 0 unspecified atom stereocenters. The van der Waals surface area contributed by atoms with Gasteiger partial charge in [0.25, 0.3) is 0 Å². The van der Waals surface area contributed by atoms with Crippen LogP contribution in [0.3, 0.4) is 0 Å². The normalized spacial score (nSPS) is 15.4. The van der Waals surface area contributed by atoms with Crippen LogP contribution < -0.4 is 10.1 Å². The van der Waals surface area contributed by atoms with Gasteiger partial charge < -0.3 is 10.1 Å². The van der Waals surface area contributed by atoms with Crippen LogP contribution in [0.4, 0.5) is 0 Å². The molecule has 6 heteroatoms. The lowest BCUT2D eigenvalue weighted by Gasteiger charge is -2.18. The van der Waals surface area contributed by atoms with E-state index in [4.69, 9.17) is 4.74 Å². The maximum Gasteiger partial charge on any atom is 0.243 e. The van der Waals surface area contributed by atoms with Gasteiger partial charge in [-0.05, 0) is 49.6 Å². The second-order valence-electron chi connectivity index (χ2n) is 5.37. The lowest BCUT2D eigenvalue weighted by atomic mass is 10.1. The van der Waals surface area contributed by atoms with Crippen LogP contribution >= 0.6 is 0 Å². The van der Waals surface area contributed by atoms with Gasteiger partial charge in [-0.1, -0.05) is 6.92 Å². The molecule has 1 aromatic carbocycles. The quantitative estimate of drug-likeness (QED) is 0.792. The van der Waals surface area contributed by atoms with Crippen molar-refractivity contribution in [1.29, 1.82) is 0 Å². The van der Waals surface area contributed by atoms with Gasteiger partial charge in [0.1, 0.15) is 5.75 Å². The molecule has 1 saturated carbocycles. The maximum absolute atomic E-state index is 12.6. The molecule has 1 fully saturated rings. The molecule has 118 valence electrons. The van der Waals surface area contributed by atoms with E-state index in [1.165, 1.54) is 17.1 Å². The summed E-state index contributed by atoms with van der Waals surface area (Å²) in [6.07, 6.45) is 3.13. The van der Waals surface area contributed by atoms with Gasteiger partial charge in [0.05, 0.1) is 12.0 Å². The topological polar surface area (TPSA) is 58.6 Å². The van der Waals surface area contributed by atoms with Crippen LogP contribution in [0.15, 0.2) is 23.1 Å². The summed E-state index contributed by atoms with van der Waals surface area (Å²) in [5, 5.41) is 3.42. The zero-order valence-electron chi connectivity index (χ0n) is 12.9. The van der Waals surface area contributed by atoms with Crippen molar-refractivity contribution in [3.05, 3.63) is 23.8 Å². The molecule has 0 bridgehead atoms. The Morgan fingerprint density at radius 2 is 2.10 bits per heavy atom. The Labute approximate surface area is 127 Å². The third-order valence-corrected chi connectivity index (χ3v) is 5.84. The van der Waals surface area contributed by atoms with Gasteiger partial charge in [0.15, 0.2) is 0 Å². The molecular formula is C15H24N2O3S. The fourth-order valence-corrected chi connectivity index (χ4v) is 3.57. The van der Waals surface area contributed by atoms with E-state index in [1.807, 2.05) is 13.0 Å². The fraction of sp³-hybridized carbons (Fsp3) is 0.600. The van der Waals surface area contributed by atoms with Gasteiger partial charge in [0.2, 0.25) is 10.0 Å². The number of hydrogen-bond acceptors (Lipinski definition) is 4. The number of nitrogens with one attached hydrogen (secondary N) is 1. The number of hydrogen-bond donors (Lipinski definition) is 1. The Hall–Kier alpha value is -1.11. The molecule has 0 radical (unpaired) electrons. The standard InChI is InChI=1S/C15H24N2O3S/c1-4-17(2)21(18,19)15-8-7-14(20-3)11-12(15)9-10-16-13-5-6-13/h7-8,11,13,16H,4-6,9-10H2,1-3H3. The average molecular weight is 312 g/mol. The molecule has 1 aliphatic carbocycles. The summed E-state index contributed by atoms with van der Waals surface area (Å²) in [5.41, 5.74) is 0.808. The van der Waals surface area contributed by atoms with E-state index < -0.39 is 10.0 Å². The first-order chi connectivity index (χ1) is 9.98. The predicted molar refractivity (Wildman–Crippen MR) is 83.2 cm³/mol. The highest BCUT2D eigenvalue weighted by Gasteiger charge is 2.24. The van der Waals surface area contributed by atoms with Gasteiger partial charge in [-0.3, -0.25) is 0 Å². The smallest absolute Gasteiger partial charge is 0.243 e. The molecule has 2 rings (SSSR count). The van der Waals surface area contributed by atoms with Gasteiger partial charge in [0, 0.05) is 19.6 Å². The first kappa shape index (κ1) is 16.3. The van der Waals surface area contributed by atoms with Gasteiger partial charge in [-0.15, -0.1) is 0 Å². The van der Waals surface area contributed by atoms with Gasteiger partial charge in [-0.25, -0.2) is 12.7 Å². The highest BCUT2D eigenvalue weighted by atomic mass is 32.2. The first-order valence-corrected chi connectivity index (χ1v) is 8.79. The molecule has 0 saturated heterocycles. The Balaban J connectivity index is 2.25. The highest BCUT2D eigenvalue weighted by molar-refractivity contribution is 7.89. The minimum atomic E-state index is -3.43. The molecule has 5 nitrogen and oxygen atoms in total. The Bertz CT molecular complexity index is 583. The summed E-state index contributed by atoms with van der Waals surface area (Å²) in [7, 11) is -0.236. The van der Waals surface area contributed by atoms with Crippen molar-refractivity contribution >= 4 is 10.0 Å². The third kappa shape index (κ3) is 3.96. The lowest BCUT2D eigenvalue weighted by molar-refractivity contribution is 0.413. The van der Waals surface area contributed by atoms with E-state index in [1.54, 1.807) is 26.3 Å². The van der Waals surface area contributed by atoms with Crippen molar-refractivity contribution < 1.29 is 13.2 Å². The summed E-state index contributed by atoms with van der Waals surface area (Å²) in [6.45, 7) is 3.07. The number of rotatable bonds is 8. The number of ether oxygens (including phenoxy) is 1. The van der Waals surface area contributed by atoms with Crippen molar-refractivity contribution in [1.82, 2.24) is 9.62 Å². The third-order valence-electron chi connectivity index (χ3n) is 3.81.